The minimum Gasteiger partial charge on any atom is -0.484 e. The molecule has 1 aromatic carbocycles. The van der Waals surface area contributed by atoms with E-state index in [0.717, 1.165) is 5.69 Å². The van der Waals surface area contributed by atoms with Crippen molar-refractivity contribution >= 4 is 29.0 Å². The Morgan fingerprint density at radius 3 is 2.62 bits per heavy atom. The predicted molar refractivity (Wildman–Crippen MR) is 98.9 cm³/mol. The first kappa shape index (κ1) is 17.6. The number of hydrogen-bond donors (Lipinski definition) is 2. The third kappa shape index (κ3) is 5.12. The molecule has 0 aliphatic heterocycles. The third-order valence-corrected chi connectivity index (χ3v) is 4.08. The van der Waals surface area contributed by atoms with Gasteiger partial charge in [-0.05, 0) is 24.3 Å². The van der Waals surface area contributed by atoms with E-state index in [9.17, 15) is 9.59 Å². The quantitative estimate of drug-likeness (QED) is 0.668. The summed E-state index contributed by atoms with van der Waals surface area (Å²) < 4.78 is 5.31. The second-order valence-electron chi connectivity index (χ2n) is 5.18. The largest absolute Gasteiger partial charge is 0.484 e. The highest BCUT2D eigenvalue weighted by Crippen LogP contribution is 2.23. The number of nitrogens with one attached hydrogen (secondary N) is 2. The SMILES string of the molecule is O=C(COc1ccccc1)NCC(=O)Nc1csc(-c2ccccn2)n1. The maximum Gasteiger partial charge on any atom is 0.258 e. The van der Waals surface area contributed by atoms with E-state index in [1.165, 1.54) is 11.3 Å². The van der Waals surface area contributed by atoms with Gasteiger partial charge in [0.1, 0.15) is 16.6 Å². The van der Waals surface area contributed by atoms with Crippen LogP contribution in [0, 0.1) is 0 Å². The molecule has 132 valence electrons. The van der Waals surface area contributed by atoms with Crippen molar-refractivity contribution in [2.24, 2.45) is 0 Å². The van der Waals surface area contributed by atoms with Gasteiger partial charge in [0.15, 0.2) is 6.61 Å². The van der Waals surface area contributed by atoms with Crippen molar-refractivity contribution in [2.45, 2.75) is 0 Å². The number of anilines is 1. The lowest BCUT2D eigenvalue weighted by atomic mass is 10.3. The van der Waals surface area contributed by atoms with E-state index in [1.807, 2.05) is 36.4 Å². The maximum atomic E-state index is 11.9. The molecule has 0 saturated heterocycles. The van der Waals surface area contributed by atoms with Crippen molar-refractivity contribution in [3.63, 3.8) is 0 Å². The first-order valence-corrected chi connectivity index (χ1v) is 8.70. The van der Waals surface area contributed by atoms with Gasteiger partial charge in [-0.1, -0.05) is 24.3 Å². The molecule has 2 aromatic heterocycles. The summed E-state index contributed by atoms with van der Waals surface area (Å²) in [6, 6.07) is 14.5. The smallest absolute Gasteiger partial charge is 0.258 e. The van der Waals surface area contributed by atoms with E-state index in [0.29, 0.717) is 16.6 Å². The van der Waals surface area contributed by atoms with Crippen LogP contribution in [0.25, 0.3) is 10.7 Å². The summed E-state index contributed by atoms with van der Waals surface area (Å²) in [5.41, 5.74) is 0.740. The van der Waals surface area contributed by atoms with Crippen LogP contribution in [0.1, 0.15) is 0 Å². The van der Waals surface area contributed by atoms with E-state index < -0.39 is 0 Å². The third-order valence-electron chi connectivity index (χ3n) is 3.21. The van der Waals surface area contributed by atoms with Gasteiger partial charge in [0, 0.05) is 11.6 Å². The number of carbonyl (C=O) groups excluding carboxylic acids is 2. The zero-order chi connectivity index (χ0) is 18.2. The molecule has 0 aliphatic rings. The molecule has 0 unspecified atom stereocenters. The standard InChI is InChI=1S/C18H16N4O3S/c23-16(10-20-17(24)11-25-13-6-2-1-3-7-13)21-15-12-26-18(22-15)14-8-4-5-9-19-14/h1-9,12H,10-11H2,(H,20,24)(H,21,23). The van der Waals surface area contributed by atoms with E-state index in [4.69, 9.17) is 4.74 Å². The fourth-order valence-electron chi connectivity index (χ4n) is 2.02. The Morgan fingerprint density at radius 2 is 1.85 bits per heavy atom. The summed E-state index contributed by atoms with van der Waals surface area (Å²) in [5, 5.41) is 7.57. The van der Waals surface area contributed by atoms with Crippen LogP contribution >= 0.6 is 11.3 Å². The molecule has 2 heterocycles. The lowest BCUT2D eigenvalue weighted by Gasteiger charge is -2.07. The first-order valence-electron chi connectivity index (χ1n) is 7.82. The van der Waals surface area contributed by atoms with Gasteiger partial charge in [-0.15, -0.1) is 11.3 Å². The second-order valence-corrected chi connectivity index (χ2v) is 6.04. The van der Waals surface area contributed by atoms with E-state index in [2.05, 4.69) is 20.6 Å². The zero-order valence-corrected chi connectivity index (χ0v) is 14.5. The van der Waals surface area contributed by atoms with Crippen molar-refractivity contribution in [1.29, 1.82) is 0 Å². The van der Waals surface area contributed by atoms with Gasteiger partial charge in [-0.2, -0.15) is 0 Å². The molecule has 0 spiro atoms. The minimum absolute atomic E-state index is 0.155. The summed E-state index contributed by atoms with van der Waals surface area (Å²) >= 11 is 1.38. The summed E-state index contributed by atoms with van der Waals surface area (Å²) in [7, 11) is 0. The summed E-state index contributed by atoms with van der Waals surface area (Å²) in [5.74, 6) is 0.277. The van der Waals surface area contributed by atoms with Gasteiger partial charge in [-0.3, -0.25) is 14.6 Å². The summed E-state index contributed by atoms with van der Waals surface area (Å²) in [6.45, 7) is -0.314. The molecule has 8 heteroatoms. The number of carbonyl (C=O) groups is 2. The minimum atomic E-state index is -0.378. The van der Waals surface area contributed by atoms with Crippen molar-refractivity contribution in [3.8, 4) is 16.5 Å². The highest BCUT2D eigenvalue weighted by atomic mass is 32.1. The molecule has 7 nitrogen and oxygen atoms in total. The van der Waals surface area contributed by atoms with Crippen LogP contribution in [0.3, 0.4) is 0 Å². The first-order chi connectivity index (χ1) is 12.7. The summed E-state index contributed by atoms with van der Waals surface area (Å²) in [6.07, 6.45) is 1.68. The summed E-state index contributed by atoms with van der Waals surface area (Å²) in [4.78, 5) is 32.2. The molecular formula is C18H16N4O3S. The second kappa shape index (κ2) is 8.72. The molecule has 0 fully saturated rings. The van der Waals surface area contributed by atoms with Gasteiger partial charge >= 0.3 is 0 Å². The Balaban J connectivity index is 1.43. The van der Waals surface area contributed by atoms with Crippen LogP contribution in [-0.2, 0) is 9.59 Å². The number of hydrogen-bond acceptors (Lipinski definition) is 6. The fraction of sp³-hybridized carbons (Fsp3) is 0.111. The van der Waals surface area contributed by atoms with Crippen LogP contribution in [-0.4, -0.2) is 34.9 Å². The molecule has 0 atom stereocenters. The average Bonchev–Trinajstić information content (AvgIpc) is 3.15. The molecule has 3 rings (SSSR count). The number of ether oxygens (including phenoxy) is 1. The van der Waals surface area contributed by atoms with Gasteiger partial charge in [0.25, 0.3) is 5.91 Å². The molecular weight excluding hydrogens is 352 g/mol. The Bertz CT molecular complexity index is 868. The predicted octanol–water partition coefficient (Wildman–Crippen LogP) is 2.34. The van der Waals surface area contributed by atoms with E-state index >= 15 is 0 Å². The molecule has 3 aromatic rings. The van der Waals surface area contributed by atoms with Crippen LogP contribution in [0.15, 0.2) is 60.1 Å². The number of amides is 2. The number of thiazole rings is 1. The van der Waals surface area contributed by atoms with Crippen molar-refractivity contribution < 1.29 is 14.3 Å². The fourth-order valence-corrected chi connectivity index (χ4v) is 2.75. The van der Waals surface area contributed by atoms with E-state index in [1.54, 1.807) is 23.7 Å². The zero-order valence-electron chi connectivity index (χ0n) is 13.7. The molecule has 2 amide bonds. The lowest BCUT2D eigenvalue weighted by molar-refractivity contribution is -0.125. The average molecular weight is 368 g/mol. The number of para-hydroxylation sites is 1. The van der Waals surface area contributed by atoms with Crippen molar-refractivity contribution in [3.05, 3.63) is 60.1 Å². The molecule has 2 N–H and O–H groups in total. The molecule has 0 radical (unpaired) electrons. The Morgan fingerprint density at radius 1 is 1.04 bits per heavy atom. The lowest BCUT2D eigenvalue weighted by Crippen LogP contribution is -2.35. The van der Waals surface area contributed by atoms with Crippen LogP contribution in [0.2, 0.25) is 0 Å². The Labute approximate surface area is 154 Å². The van der Waals surface area contributed by atoms with Crippen molar-refractivity contribution in [2.75, 3.05) is 18.5 Å². The number of benzene rings is 1. The van der Waals surface area contributed by atoms with Gasteiger partial charge in [-0.25, -0.2) is 4.98 Å². The van der Waals surface area contributed by atoms with Gasteiger partial charge < -0.3 is 15.4 Å². The Kier molecular flexibility index (Phi) is 5.89. The molecule has 0 saturated carbocycles. The van der Waals surface area contributed by atoms with Crippen molar-refractivity contribution in [1.82, 2.24) is 15.3 Å². The van der Waals surface area contributed by atoms with Crippen LogP contribution in [0.5, 0.6) is 5.75 Å². The van der Waals surface area contributed by atoms with Crippen LogP contribution < -0.4 is 15.4 Å². The monoisotopic (exact) mass is 368 g/mol. The molecule has 0 aliphatic carbocycles. The number of rotatable bonds is 7. The molecule has 26 heavy (non-hydrogen) atoms. The number of pyridine rings is 1. The topological polar surface area (TPSA) is 93.2 Å². The number of aromatic nitrogens is 2. The Hall–Kier alpha value is -3.26. The van der Waals surface area contributed by atoms with E-state index in [-0.39, 0.29) is 25.0 Å². The van der Waals surface area contributed by atoms with Gasteiger partial charge in [0.2, 0.25) is 5.91 Å². The van der Waals surface area contributed by atoms with Gasteiger partial charge in [0.05, 0.1) is 12.2 Å². The maximum absolute atomic E-state index is 11.9. The normalized spacial score (nSPS) is 10.2. The highest BCUT2D eigenvalue weighted by Gasteiger charge is 2.10. The van der Waals surface area contributed by atoms with Crippen LogP contribution in [0.4, 0.5) is 5.82 Å². The number of nitrogens with zero attached hydrogens (tertiary/aromatic N) is 2. The highest BCUT2D eigenvalue weighted by molar-refractivity contribution is 7.13. The molecule has 0 bridgehead atoms.